The Morgan fingerprint density at radius 1 is 1.44 bits per heavy atom. The Morgan fingerprint density at radius 2 is 2.06 bits per heavy atom. The quantitative estimate of drug-likeness (QED) is 0.882. The van der Waals surface area contributed by atoms with E-state index in [1.165, 1.54) is 7.11 Å². The lowest BCUT2D eigenvalue weighted by molar-refractivity contribution is 0.0693. The van der Waals surface area contributed by atoms with E-state index in [2.05, 4.69) is 0 Å². The molecule has 0 unspecified atom stereocenters. The second-order valence-electron chi connectivity index (χ2n) is 3.34. The zero-order valence-corrected chi connectivity index (χ0v) is 10.1. The van der Waals surface area contributed by atoms with Crippen molar-refractivity contribution in [2.45, 2.75) is 11.3 Å². The van der Waals surface area contributed by atoms with E-state index in [0.717, 1.165) is 18.2 Å². The highest BCUT2D eigenvalue weighted by molar-refractivity contribution is 7.91. The molecule has 0 aliphatic carbocycles. The van der Waals surface area contributed by atoms with Crippen LogP contribution in [0.3, 0.4) is 0 Å². The SMILES string of the molecule is COc1ccc(S(=O)(=O)CC(F)F)cc1C(=O)O. The lowest BCUT2D eigenvalue weighted by atomic mass is 10.2. The van der Waals surface area contributed by atoms with Crippen LogP contribution in [0.15, 0.2) is 23.1 Å². The molecule has 0 aliphatic rings. The monoisotopic (exact) mass is 280 g/mol. The molecule has 5 nitrogen and oxygen atoms in total. The Bertz CT molecular complexity index is 553. The minimum absolute atomic E-state index is 0.0431. The Labute approximate surface area is 102 Å². The smallest absolute Gasteiger partial charge is 0.339 e. The van der Waals surface area contributed by atoms with Crippen LogP contribution in [0.25, 0.3) is 0 Å². The molecule has 0 aliphatic heterocycles. The molecule has 0 fully saturated rings. The lowest BCUT2D eigenvalue weighted by Crippen LogP contribution is -2.14. The maximum Gasteiger partial charge on any atom is 0.339 e. The van der Waals surface area contributed by atoms with Crippen molar-refractivity contribution < 1.29 is 31.8 Å². The molecule has 0 radical (unpaired) electrons. The zero-order valence-electron chi connectivity index (χ0n) is 9.26. The third-order valence-electron chi connectivity index (χ3n) is 2.11. The Kier molecular flexibility index (Phi) is 4.23. The van der Waals surface area contributed by atoms with Gasteiger partial charge < -0.3 is 9.84 Å². The maximum absolute atomic E-state index is 12.1. The Hall–Kier alpha value is -1.70. The summed E-state index contributed by atoms with van der Waals surface area (Å²) in [6.45, 7) is 0. The van der Waals surface area contributed by atoms with Gasteiger partial charge in [0.2, 0.25) is 0 Å². The average Bonchev–Trinajstić information content (AvgIpc) is 2.26. The number of carboxylic acid groups (broad SMARTS) is 1. The number of hydrogen-bond acceptors (Lipinski definition) is 4. The van der Waals surface area contributed by atoms with Gasteiger partial charge in [-0.25, -0.2) is 22.0 Å². The van der Waals surface area contributed by atoms with Gasteiger partial charge in [-0.1, -0.05) is 0 Å². The van der Waals surface area contributed by atoms with Crippen molar-refractivity contribution in [2.75, 3.05) is 12.9 Å². The van der Waals surface area contributed by atoms with E-state index in [1.807, 2.05) is 0 Å². The van der Waals surface area contributed by atoms with Crippen LogP contribution in [0.4, 0.5) is 8.78 Å². The molecule has 0 saturated heterocycles. The van der Waals surface area contributed by atoms with E-state index in [-0.39, 0.29) is 5.75 Å². The molecule has 1 aromatic rings. The van der Waals surface area contributed by atoms with Crippen LogP contribution in [0, 0.1) is 0 Å². The molecule has 18 heavy (non-hydrogen) atoms. The molecular weight excluding hydrogens is 270 g/mol. The first-order valence-corrected chi connectivity index (χ1v) is 6.35. The second-order valence-corrected chi connectivity index (χ2v) is 5.37. The molecule has 0 bridgehead atoms. The van der Waals surface area contributed by atoms with Crippen LogP contribution in [0.1, 0.15) is 10.4 Å². The summed E-state index contributed by atoms with van der Waals surface area (Å²) in [4.78, 5) is 10.4. The van der Waals surface area contributed by atoms with Gasteiger partial charge in [-0.15, -0.1) is 0 Å². The Morgan fingerprint density at radius 3 is 2.50 bits per heavy atom. The summed E-state index contributed by atoms with van der Waals surface area (Å²) in [7, 11) is -2.99. The average molecular weight is 280 g/mol. The summed E-state index contributed by atoms with van der Waals surface area (Å²) in [6.07, 6.45) is -3.02. The van der Waals surface area contributed by atoms with E-state index in [1.54, 1.807) is 0 Å². The molecule has 0 heterocycles. The normalized spacial score (nSPS) is 11.6. The molecule has 0 atom stereocenters. The van der Waals surface area contributed by atoms with Gasteiger partial charge in [0, 0.05) is 0 Å². The number of sulfone groups is 1. The van der Waals surface area contributed by atoms with Crippen molar-refractivity contribution in [3.05, 3.63) is 23.8 Å². The van der Waals surface area contributed by atoms with E-state index in [4.69, 9.17) is 9.84 Å². The second kappa shape index (κ2) is 5.30. The summed E-state index contributed by atoms with van der Waals surface area (Å²) >= 11 is 0. The Balaban J connectivity index is 3.28. The summed E-state index contributed by atoms with van der Waals surface area (Å²) < 4.78 is 51.9. The number of halogens is 2. The van der Waals surface area contributed by atoms with Gasteiger partial charge in [0.15, 0.2) is 9.84 Å². The molecule has 1 N–H and O–H groups in total. The van der Waals surface area contributed by atoms with Crippen LogP contribution >= 0.6 is 0 Å². The number of methoxy groups -OCH3 is 1. The standard InChI is InChI=1S/C10H10F2O5S/c1-17-8-3-2-6(4-7(8)10(13)14)18(15,16)5-9(11)12/h2-4,9H,5H2,1H3,(H,13,14). The van der Waals surface area contributed by atoms with Gasteiger partial charge >= 0.3 is 5.97 Å². The van der Waals surface area contributed by atoms with E-state index < -0.39 is 38.4 Å². The molecule has 8 heteroatoms. The lowest BCUT2D eigenvalue weighted by Gasteiger charge is -2.08. The highest BCUT2D eigenvalue weighted by Crippen LogP contribution is 2.23. The van der Waals surface area contributed by atoms with Gasteiger partial charge in [-0.3, -0.25) is 0 Å². The van der Waals surface area contributed by atoms with Crippen LogP contribution in [0.5, 0.6) is 5.75 Å². The number of aromatic carboxylic acids is 1. The number of carbonyl (C=O) groups is 1. The van der Waals surface area contributed by atoms with Gasteiger partial charge in [-0.05, 0) is 18.2 Å². The number of benzene rings is 1. The van der Waals surface area contributed by atoms with E-state index in [9.17, 15) is 22.0 Å². The van der Waals surface area contributed by atoms with Crippen LogP contribution < -0.4 is 4.74 Å². The molecule has 0 saturated carbocycles. The molecule has 1 aromatic carbocycles. The van der Waals surface area contributed by atoms with E-state index in [0.29, 0.717) is 0 Å². The first kappa shape index (κ1) is 14.4. The zero-order chi connectivity index (χ0) is 13.9. The fourth-order valence-corrected chi connectivity index (χ4v) is 2.41. The molecular formula is C10H10F2O5S. The summed E-state index contributed by atoms with van der Waals surface area (Å²) in [5.74, 6) is -2.79. The number of alkyl halides is 2. The minimum Gasteiger partial charge on any atom is -0.496 e. The van der Waals surface area contributed by atoms with Gasteiger partial charge in [0.25, 0.3) is 6.43 Å². The largest absolute Gasteiger partial charge is 0.496 e. The fourth-order valence-electron chi connectivity index (χ4n) is 1.31. The summed E-state index contributed by atoms with van der Waals surface area (Å²) in [5.41, 5.74) is -0.396. The number of ether oxygens (including phenoxy) is 1. The predicted molar refractivity (Wildman–Crippen MR) is 58.0 cm³/mol. The van der Waals surface area contributed by atoms with Crippen molar-refractivity contribution in [2.24, 2.45) is 0 Å². The highest BCUT2D eigenvalue weighted by atomic mass is 32.2. The van der Waals surface area contributed by atoms with Crippen molar-refractivity contribution in [1.29, 1.82) is 0 Å². The molecule has 100 valence electrons. The van der Waals surface area contributed by atoms with E-state index >= 15 is 0 Å². The van der Waals surface area contributed by atoms with Crippen molar-refractivity contribution in [1.82, 2.24) is 0 Å². The fraction of sp³-hybridized carbons (Fsp3) is 0.300. The third kappa shape index (κ3) is 3.16. The molecule has 0 spiro atoms. The third-order valence-corrected chi connectivity index (χ3v) is 3.77. The highest BCUT2D eigenvalue weighted by Gasteiger charge is 2.23. The van der Waals surface area contributed by atoms with Crippen LogP contribution in [-0.4, -0.2) is 38.8 Å². The first-order valence-electron chi connectivity index (χ1n) is 4.70. The van der Waals surface area contributed by atoms with Crippen LogP contribution in [0.2, 0.25) is 0 Å². The molecule has 1 rings (SSSR count). The van der Waals surface area contributed by atoms with Crippen LogP contribution in [-0.2, 0) is 9.84 Å². The van der Waals surface area contributed by atoms with Gasteiger partial charge in [-0.2, -0.15) is 0 Å². The molecule has 0 aromatic heterocycles. The molecule has 0 amide bonds. The van der Waals surface area contributed by atoms with Gasteiger partial charge in [0.05, 0.1) is 12.0 Å². The van der Waals surface area contributed by atoms with Crippen molar-refractivity contribution in [3.8, 4) is 5.75 Å². The number of carboxylic acids is 1. The number of rotatable bonds is 5. The summed E-state index contributed by atoms with van der Waals surface area (Å²) in [6, 6.07) is 2.95. The van der Waals surface area contributed by atoms with Crippen molar-refractivity contribution in [3.63, 3.8) is 0 Å². The summed E-state index contributed by atoms with van der Waals surface area (Å²) in [5, 5.41) is 8.85. The number of hydrogen-bond donors (Lipinski definition) is 1. The minimum atomic E-state index is -4.21. The predicted octanol–water partition coefficient (Wildman–Crippen LogP) is 1.43. The first-order chi connectivity index (χ1) is 8.27. The maximum atomic E-state index is 12.1. The topological polar surface area (TPSA) is 80.7 Å². The van der Waals surface area contributed by atoms with Gasteiger partial charge in [0.1, 0.15) is 17.1 Å². The van der Waals surface area contributed by atoms with Crippen molar-refractivity contribution >= 4 is 15.8 Å².